The van der Waals surface area contributed by atoms with E-state index >= 15 is 0 Å². The van der Waals surface area contributed by atoms with Crippen LogP contribution in [0.5, 0.6) is 5.75 Å². The summed E-state index contributed by atoms with van der Waals surface area (Å²) in [4.78, 5) is 12.7. The third-order valence-corrected chi connectivity index (χ3v) is 13.1. The first kappa shape index (κ1) is 27.2. The van der Waals surface area contributed by atoms with Crippen molar-refractivity contribution in [1.82, 2.24) is 4.31 Å². The fourth-order valence-corrected chi connectivity index (χ4v) is 6.38. The van der Waals surface area contributed by atoms with Crippen LogP contribution in [0.3, 0.4) is 0 Å². The molecule has 190 valence electrons. The SMILES string of the molecule is CCOC(=O)C1=CCC(c2ccccc2O[Si](C)(C)C(C)(C)C)N(S(=O)(=O)c2ccc(C)cc2)C1. The van der Waals surface area contributed by atoms with Gasteiger partial charge in [0.1, 0.15) is 5.75 Å². The van der Waals surface area contributed by atoms with Crippen LogP contribution in [0.25, 0.3) is 0 Å². The van der Waals surface area contributed by atoms with Crippen molar-refractivity contribution in [2.45, 2.75) is 70.1 Å². The molecule has 6 nitrogen and oxygen atoms in total. The average molecular weight is 516 g/mol. The van der Waals surface area contributed by atoms with Gasteiger partial charge in [0.2, 0.25) is 18.3 Å². The highest BCUT2D eigenvalue weighted by Crippen LogP contribution is 2.43. The van der Waals surface area contributed by atoms with E-state index < -0.39 is 30.4 Å². The molecular formula is C27H37NO5SSi. The number of carbonyl (C=O) groups is 1. The molecule has 1 heterocycles. The van der Waals surface area contributed by atoms with Crippen molar-refractivity contribution in [1.29, 1.82) is 0 Å². The Morgan fingerprint density at radius 3 is 2.31 bits per heavy atom. The molecule has 0 spiro atoms. The summed E-state index contributed by atoms with van der Waals surface area (Å²) in [5.41, 5.74) is 2.12. The van der Waals surface area contributed by atoms with E-state index in [0.29, 0.717) is 17.7 Å². The zero-order valence-corrected chi connectivity index (χ0v) is 23.6. The van der Waals surface area contributed by atoms with Crippen molar-refractivity contribution in [3.63, 3.8) is 0 Å². The van der Waals surface area contributed by atoms with Gasteiger partial charge in [-0.3, -0.25) is 0 Å². The maximum absolute atomic E-state index is 13.9. The van der Waals surface area contributed by atoms with E-state index in [-0.39, 0.29) is 23.1 Å². The Labute approximate surface area is 211 Å². The Bertz CT molecular complexity index is 1200. The summed E-state index contributed by atoms with van der Waals surface area (Å²) in [5.74, 6) is 0.210. The van der Waals surface area contributed by atoms with Crippen molar-refractivity contribution in [2.24, 2.45) is 0 Å². The minimum atomic E-state index is -3.91. The molecule has 0 saturated carbocycles. The summed E-state index contributed by atoms with van der Waals surface area (Å²) in [5, 5.41) is -0.0165. The first-order valence-electron chi connectivity index (χ1n) is 12.0. The molecule has 0 fully saturated rings. The van der Waals surface area contributed by atoms with Crippen molar-refractivity contribution in [3.8, 4) is 5.75 Å². The number of nitrogens with zero attached hydrogens (tertiary/aromatic N) is 1. The fraction of sp³-hybridized carbons (Fsp3) is 0.444. The van der Waals surface area contributed by atoms with Gasteiger partial charge in [-0.05, 0) is 56.6 Å². The Balaban J connectivity index is 2.10. The Kier molecular flexibility index (Phi) is 7.98. The third kappa shape index (κ3) is 5.87. The van der Waals surface area contributed by atoms with E-state index in [1.54, 1.807) is 37.3 Å². The quantitative estimate of drug-likeness (QED) is 0.334. The molecule has 0 amide bonds. The summed E-state index contributed by atoms with van der Waals surface area (Å²) in [6.07, 6.45) is 2.14. The number of aryl methyl sites for hydroxylation is 1. The Morgan fingerprint density at radius 2 is 1.71 bits per heavy atom. The molecule has 35 heavy (non-hydrogen) atoms. The number of esters is 1. The molecule has 1 atom stereocenters. The summed E-state index contributed by atoms with van der Waals surface area (Å²) in [7, 11) is -6.08. The zero-order chi connectivity index (χ0) is 26.0. The van der Waals surface area contributed by atoms with E-state index in [2.05, 4.69) is 33.9 Å². The highest BCUT2D eigenvalue weighted by molar-refractivity contribution is 7.89. The number of para-hydroxylation sites is 1. The summed E-state index contributed by atoms with van der Waals surface area (Å²) >= 11 is 0. The van der Waals surface area contributed by atoms with Gasteiger partial charge >= 0.3 is 5.97 Å². The van der Waals surface area contributed by atoms with Gasteiger partial charge in [-0.15, -0.1) is 0 Å². The highest BCUT2D eigenvalue weighted by atomic mass is 32.2. The van der Waals surface area contributed by atoms with Gasteiger partial charge in [0, 0.05) is 17.7 Å². The molecule has 8 heteroatoms. The normalized spacial score (nSPS) is 17.6. The van der Waals surface area contributed by atoms with Crippen molar-refractivity contribution < 1.29 is 22.4 Å². The van der Waals surface area contributed by atoms with E-state index in [0.717, 1.165) is 11.1 Å². The van der Waals surface area contributed by atoms with Gasteiger partial charge in [-0.25, -0.2) is 13.2 Å². The summed E-state index contributed by atoms with van der Waals surface area (Å²) in [6.45, 7) is 14.7. The second-order valence-corrected chi connectivity index (χ2v) is 17.1. The lowest BCUT2D eigenvalue weighted by molar-refractivity contribution is -0.138. The minimum Gasteiger partial charge on any atom is -0.543 e. The number of carbonyl (C=O) groups excluding carboxylic acids is 1. The molecule has 0 aliphatic carbocycles. The molecule has 3 rings (SSSR count). The number of ether oxygens (including phenoxy) is 1. The van der Waals surface area contributed by atoms with Crippen molar-refractivity contribution >= 4 is 24.3 Å². The molecule has 1 aliphatic heterocycles. The lowest BCUT2D eigenvalue weighted by atomic mass is 9.97. The number of hydrogen-bond acceptors (Lipinski definition) is 5. The van der Waals surface area contributed by atoms with Crippen LogP contribution in [-0.2, 0) is 19.6 Å². The van der Waals surface area contributed by atoms with Crippen LogP contribution in [0.15, 0.2) is 65.1 Å². The monoisotopic (exact) mass is 515 g/mol. The number of rotatable bonds is 7. The zero-order valence-electron chi connectivity index (χ0n) is 21.8. The Hall–Kier alpha value is -2.42. The second kappa shape index (κ2) is 10.3. The van der Waals surface area contributed by atoms with Gasteiger partial charge in [0.25, 0.3) is 0 Å². The van der Waals surface area contributed by atoms with Crippen molar-refractivity contribution in [3.05, 3.63) is 71.3 Å². The van der Waals surface area contributed by atoms with Crippen LogP contribution in [0, 0.1) is 6.92 Å². The number of hydrogen-bond donors (Lipinski definition) is 0. The minimum absolute atomic E-state index is 0.0165. The second-order valence-electron chi connectivity index (χ2n) is 10.5. The van der Waals surface area contributed by atoms with E-state index in [1.807, 2.05) is 31.2 Å². The number of benzene rings is 2. The first-order chi connectivity index (χ1) is 16.3. The smallest absolute Gasteiger partial charge is 0.335 e. The number of sulfonamides is 1. The largest absolute Gasteiger partial charge is 0.543 e. The summed E-state index contributed by atoms with van der Waals surface area (Å²) < 4.78 is 41.0. The predicted molar refractivity (Wildman–Crippen MR) is 141 cm³/mol. The van der Waals surface area contributed by atoms with Crippen LogP contribution in [-0.4, -0.2) is 40.2 Å². The van der Waals surface area contributed by atoms with Crippen LogP contribution in [0.2, 0.25) is 18.1 Å². The topological polar surface area (TPSA) is 72.9 Å². The van der Waals surface area contributed by atoms with Crippen LogP contribution in [0.4, 0.5) is 0 Å². The van der Waals surface area contributed by atoms with Crippen LogP contribution in [0.1, 0.15) is 51.3 Å². The van der Waals surface area contributed by atoms with Gasteiger partial charge < -0.3 is 9.16 Å². The fourth-order valence-electron chi connectivity index (χ4n) is 3.74. The molecule has 0 bridgehead atoms. The predicted octanol–water partition coefficient (Wildman–Crippen LogP) is 6.00. The molecule has 0 radical (unpaired) electrons. The van der Waals surface area contributed by atoms with E-state index in [9.17, 15) is 13.2 Å². The molecule has 1 aliphatic rings. The molecule has 2 aromatic carbocycles. The highest BCUT2D eigenvalue weighted by Gasteiger charge is 2.42. The van der Waals surface area contributed by atoms with Gasteiger partial charge in [0.05, 0.1) is 17.5 Å². The molecule has 2 aromatic rings. The lowest BCUT2D eigenvalue weighted by Gasteiger charge is -2.39. The van der Waals surface area contributed by atoms with Gasteiger partial charge in [0.15, 0.2) is 0 Å². The standard InChI is InChI=1S/C27H37NO5SSi/c1-8-32-26(29)21-15-18-24(28(19-21)34(30,31)22-16-13-20(2)14-17-22)23-11-9-10-12-25(23)33-35(6,7)27(3,4)5/h9-17,24H,8,18-19H2,1-7H3. The molecule has 0 saturated heterocycles. The summed E-state index contributed by atoms with van der Waals surface area (Å²) in [6, 6.07) is 13.9. The average Bonchev–Trinajstić information content (AvgIpc) is 2.78. The van der Waals surface area contributed by atoms with Crippen LogP contribution < -0.4 is 4.43 Å². The molecule has 0 aromatic heterocycles. The van der Waals surface area contributed by atoms with E-state index in [1.165, 1.54) is 4.31 Å². The van der Waals surface area contributed by atoms with Crippen LogP contribution >= 0.6 is 0 Å². The maximum atomic E-state index is 13.9. The third-order valence-electron chi connectivity index (χ3n) is 6.88. The molecule has 0 N–H and O–H groups in total. The van der Waals surface area contributed by atoms with Gasteiger partial charge in [-0.1, -0.05) is 62.7 Å². The molecular weight excluding hydrogens is 478 g/mol. The van der Waals surface area contributed by atoms with Crippen molar-refractivity contribution in [2.75, 3.05) is 13.2 Å². The first-order valence-corrected chi connectivity index (χ1v) is 16.4. The Morgan fingerprint density at radius 1 is 1.09 bits per heavy atom. The maximum Gasteiger partial charge on any atom is 0.335 e. The lowest BCUT2D eigenvalue weighted by Crippen LogP contribution is -2.45. The van der Waals surface area contributed by atoms with Gasteiger partial charge in [-0.2, -0.15) is 4.31 Å². The molecule has 1 unspecified atom stereocenters. The van der Waals surface area contributed by atoms with E-state index in [4.69, 9.17) is 9.16 Å².